The Labute approximate surface area is 117 Å². The molecule has 1 unspecified atom stereocenters. The van der Waals surface area contributed by atoms with Gasteiger partial charge in [-0.15, -0.1) is 0 Å². The van der Waals surface area contributed by atoms with E-state index in [-0.39, 0.29) is 6.04 Å². The molecular formula is C16H27N3. The van der Waals surface area contributed by atoms with Crippen molar-refractivity contribution in [2.24, 2.45) is 5.73 Å². The van der Waals surface area contributed by atoms with Gasteiger partial charge in [-0.25, -0.2) is 0 Å². The highest BCUT2D eigenvalue weighted by Crippen LogP contribution is 2.24. The number of hydrogen-bond donors (Lipinski definition) is 1. The summed E-state index contributed by atoms with van der Waals surface area (Å²) in [6.07, 6.45) is 1.27. The van der Waals surface area contributed by atoms with Gasteiger partial charge in [0.2, 0.25) is 0 Å². The van der Waals surface area contributed by atoms with Crippen LogP contribution in [-0.2, 0) is 0 Å². The predicted molar refractivity (Wildman–Crippen MR) is 82.6 cm³/mol. The van der Waals surface area contributed by atoms with E-state index < -0.39 is 0 Å². The Bertz CT molecular complexity index is 381. The van der Waals surface area contributed by atoms with Gasteiger partial charge in [0.1, 0.15) is 0 Å². The van der Waals surface area contributed by atoms with E-state index in [9.17, 15) is 0 Å². The highest BCUT2D eigenvalue weighted by molar-refractivity contribution is 5.49. The lowest BCUT2D eigenvalue weighted by molar-refractivity contribution is 0.232. The Morgan fingerprint density at radius 2 is 1.89 bits per heavy atom. The summed E-state index contributed by atoms with van der Waals surface area (Å²) in [5.41, 5.74) is 8.44. The van der Waals surface area contributed by atoms with E-state index in [2.05, 4.69) is 47.9 Å². The molecule has 3 heteroatoms. The second kappa shape index (κ2) is 6.40. The van der Waals surface area contributed by atoms with Crippen molar-refractivity contribution in [3.63, 3.8) is 0 Å². The van der Waals surface area contributed by atoms with E-state index in [0.717, 1.165) is 19.6 Å². The average molecular weight is 261 g/mol. The summed E-state index contributed by atoms with van der Waals surface area (Å²) in [7, 11) is 0. The minimum absolute atomic E-state index is 0.121. The third kappa shape index (κ3) is 3.28. The van der Waals surface area contributed by atoms with Crippen molar-refractivity contribution < 1.29 is 0 Å². The van der Waals surface area contributed by atoms with Gasteiger partial charge in [-0.2, -0.15) is 0 Å². The second-order valence-corrected chi connectivity index (χ2v) is 5.49. The first-order valence-corrected chi connectivity index (χ1v) is 7.50. The van der Waals surface area contributed by atoms with Crippen molar-refractivity contribution >= 4 is 5.69 Å². The first kappa shape index (κ1) is 14.4. The number of anilines is 1. The molecule has 0 amide bonds. The normalized spacial score (nSPS) is 21.1. The molecule has 0 aromatic heterocycles. The highest BCUT2D eigenvalue weighted by atomic mass is 15.2. The van der Waals surface area contributed by atoms with Gasteiger partial charge in [-0.3, -0.25) is 4.90 Å². The largest absolute Gasteiger partial charge is 0.370 e. The summed E-state index contributed by atoms with van der Waals surface area (Å²) in [5.74, 6) is 0. The Morgan fingerprint density at radius 1 is 1.26 bits per heavy atom. The van der Waals surface area contributed by atoms with Gasteiger partial charge in [0.05, 0.1) is 0 Å². The second-order valence-electron chi connectivity index (χ2n) is 5.49. The molecule has 0 saturated carbocycles. The standard InChI is InChI=1S/C16H27N3/c1-4-18(5-2)16-10-11-19(12-16)15-8-6-14(7-9-15)13(3)17/h6-9,13,16H,4-5,10-12,17H2,1-3H3/t13-,16?/m0/s1. The third-order valence-electron chi connectivity index (χ3n) is 4.28. The van der Waals surface area contributed by atoms with Crippen LogP contribution in [0.4, 0.5) is 5.69 Å². The highest BCUT2D eigenvalue weighted by Gasteiger charge is 2.26. The lowest BCUT2D eigenvalue weighted by Crippen LogP contribution is -2.37. The minimum atomic E-state index is 0.121. The van der Waals surface area contributed by atoms with Crippen molar-refractivity contribution in [1.82, 2.24) is 4.90 Å². The van der Waals surface area contributed by atoms with Crippen LogP contribution in [0.5, 0.6) is 0 Å². The van der Waals surface area contributed by atoms with Crippen molar-refractivity contribution in [1.29, 1.82) is 0 Å². The molecule has 0 aliphatic carbocycles. The zero-order valence-corrected chi connectivity index (χ0v) is 12.5. The number of hydrogen-bond acceptors (Lipinski definition) is 3. The molecular weight excluding hydrogens is 234 g/mol. The van der Waals surface area contributed by atoms with Gasteiger partial charge in [-0.1, -0.05) is 26.0 Å². The van der Waals surface area contributed by atoms with E-state index in [0.29, 0.717) is 6.04 Å². The molecule has 1 aliphatic rings. The van der Waals surface area contributed by atoms with Crippen LogP contribution >= 0.6 is 0 Å². The zero-order chi connectivity index (χ0) is 13.8. The Kier molecular flexibility index (Phi) is 4.83. The topological polar surface area (TPSA) is 32.5 Å². The van der Waals surface area contributed by atoms with Gasteiger partial charge in [0.15, 0.2) is 0 Å². The summed E-state index contributed by atoms with van der Waals surface area (Å²) in [4.78, 5) is 5.06. The van der Waals surface area contributed by atoms with E-state index in [4.69, 9.17) is 5.73 Å². The lowest BCUT2D eigenvalue weighted by Gasteiger charge is -2.26. The molecule has 2 rings (SSSR count). The predicted octanol–water partition coefficient (Wildman–Crippen LogP) is 2.63. The van der Waals surface area contributed by atoms with Crippen LogP contribution in [0.3, 0.4) is 0 Å². The zero-order valence-electron chi connectivity index (χ0n) is 12.5. The van der Waals surface area contributed by atoms with Crippen LogP contribution in [0.25, 0.3) is 0 Å². The number of nitrogens with two attached hydrogens (primary N) is 1. The fourth-order valence-corrected chi connectivity index (χ4v) is 3.00. The summed E-state index contributed by atoms with van der Waals surface area (Å²) in [6.45, 7) is 11.2. The maximum absolute atomic E-state index is 5.89. The van der Waals surface area contributed by atoms with Crippen LogP contribution in [0, 0.1) is 0 Å². The SMILES string of the molecule is CCN(CC)C1CCN(c2ccc([C@H](C)N)cc2)C1. The molecule has 0 spiro atoms. The van der Waals surface area contributed by atoms with E-state index >= 15 is 0 Å². The quantitative estimate of drug-likeness (QED) is 0.884. The van der Waals surface area contributed by atoms with Gasteiger partial charge >= 0.3 is 0 Å². The van der Waals surface area contributed by atoms with Gasteiger partial charge in [0, 0.05) is 30.9 Å². The number of rotatable bonds is 5. The molecule has 0 bridgehead atoms. The van der Waals surface area contributed by atoms with Gasteiger partial charge in [0.25, 0.3) is 0 Å². The Morgan fingerprint density at radius 3 is 2.42 bits per heavy atom. The maximum Gasteiger partial charge on any atom is 0.0366 e. The maximum atomic E-state index is 5.89. The molecule has 1 heterocycles. The van der Waals surface area contributed by atoms with Crippen LogP contribution in [0.2, 0.25) is 0 Å². The first-order chi connectivity index (χ1) is 9.15. The molecule has 106 valence electrons. The van der Waals surface area contributed by atoms with Crippen LogP contribution < -0.4 is 10.6 Å². The van der Waals surface area contributed by atoms with E-state index in [1.165, 1.54) is 24.2 Å². The van der Waals surface area contributed by atoms with Crippen LogP contribution in [0.1, 0.15) is 38.8 Å². The fraction of sp³-hybridized carbons (Fsp3) is 0.625. The fourth-order valence-electron chi connectivity index (χ4n) is 3.00. The van der Waals surface area contributed by atoms with Crippen molar-refractivity contribution in [3.8, 4) is 0 Å². The Hall–Kier alpha value is -1.06. The van der Waals surface area contributed by atoms with Crippen LogP contribution in [0.15, 0.2) is 24.3 Å². The molecule has 1 aromatic rings. The number of likely N-dealkylation sites (N-methyl/N-ethyl adjacent to an activating group) is 1. The van der Waals surface area contributed by atoms with Crippen molar-refractivity contribution in [2.75, 3.05) is 31.1 Å². The third-order valence-corrected chi connectivity index (χ3v) is 4.28. The van der Waals surface area contributed by atoms with Gasteiger partial charge < -0.3 is 10.6 Å². The summed E-state index contributed by atoms with van der Waals surface area (Å²) < 4.78 is 0. The molecule has 3 nitrogen and oxygen atoms in total. The van der Waals surface area contributed by atoms with Crippen molar-refractivity contribution in [3.05, 3.63) is 29.8 Å². The minimum Gasteiger partial charge on any atom is -0.370 e. The summed E-state index contributed by atoms with van der Waals surface area (Å²) in [6, 6.07) is 9.57. The first-order valence-electron chi connectivity index (χ1n) is 7.50. The lowest BCUT2D eigenvalue weighted by atomic mass is 10.1. The molecule has 0 radical (unpaired) electrons. The molecule has 19 heavy (non-hydrogen) atoms. The van der Waals surface area contributed by atoms with Gasteiger partial charge in [-0.05, 0) is 44.1 Å². The Balaban J connectivity index is 2.00. The van der Waals surface area contributed by atoms with Crippen molar-refractivity contribution in [2.45, 2.75) is 39.3 Å². The number of benzene rings is 1. The number of nitrogens with zero attached hydrogens (tertiary/aromatic N) is 2. The molecule has 1 saturated heterocycles. The average Bonchev–Trinajstić information content (AvgIpc) is 2.90. The van der Waals surface area contributed by atoms with E-state index in [1.54, 1.807) is 0 Å². The monoisotopic (exact) mass is 261 g/mol. The van der Waals surface area contributed by atoms with E-state index in [1.807, 2.05) is 6.92 Å². The van der Waals surface area contributed by atoms with Crippen LogP contribution in [-0.4, -0.2) is 37.1 Å². The summed E-state index contributed by atoms with van der Waals surface area (Å²) >= 11 is 0. The molecule has 1 aromatic carbocycles. The molecule has 1 aliphatic heterocycles. The smallest absolute Gasteiger partial charge is 0.0366 e. The molecule has 1 fully saturated rings. The molecule has 2 N–H and O–H groups in total. The molecule has 2 atom stereocenters. The summed E-state index contributed by atoms with van der Waals surface area (Å²) in [5, 5.41) is 0.